The number of furan rings is 1. The first-order chi connectivity index (χ1) is 8.20. The van der Waals surface area contributed by atoms with Gasteiger partial charge >= 0.3 is 0 Å². The van der Waals surface area contributed by atoms with Gasteiger partial charge in [0.1, 0.15) is 5.76 Å². The number of nitriles is 1. The van der Waals surface area contributed by atoms with Gasteiger partial charge in [-0.05, 0) is 30.3 Å². The average molecular weight is 264 g/mol. The monoisotopic (exact) mass is 263 g/mol. The average Bonchev–Trinajstić information content (AvgIpc) is 2.79. The molecule has 0 unspecified atom stereocenters. The molecule has 2 aromatic rings. The first kappa shape index (κ1) is 11.8. The first-order valence-electron chi connectivity index (χ1n) is 4.81. The van der Waals surface area contributed by atoms with Gasteiger partial charge in [-0.15, -0.1) is 0 Å². The van der Waals surface area contributed by atoms with Crippen LogP contribution < -0.4 is 0 Å². The summed E-state index contributed by atoms with van der Waals surface area (Å²) in [5.74, 6) is 0.604. The lowest BCUT2D eigenvalue weighted by Gasteiger charge is -2.02. The summed E-state index contributed by atoms with van der Waals surface area (Å²) in [6.45, 7) is 0. The molecule has 2 nitrogen and oxygen atoms in total. The SMILES string of the molecule is N#C/C(=C\c1ccco1)c1ccc(Cl)cc1Cl. The number of benzene rings is 1. The third-order valence-corrected chi connectivity index (χ3v) is 2.72. The summed E-state index contributed by atoms with van der Waals surface area (Å²) in [7, 11) is 0. The van der Waals surface area contributed by atoms with Crippen LogP contribution in [0.2, 0.25) is 10.0 Å². The molecule has 1 aromatic carbocycles. The van der Waals surface area contributed by atoms with Crippen LogP contribution in [0.5, 0.6) is 0 Å². The molecule has 0 fully saturated rings. The van der Waals surface area contributed by atoms with Crippen LogP contribution >= 0.6 is 23.2 Å². The van der Waals surface area contributed by atoms with E-state index in [2.05, 4.69) is 6.07 Å². The molecule has 0 N–H and O–H groups in total. The van der Waals surface area contributed by atoms with Gasteiger partial charge in [0.2, 0.25) is 0 Å². The van der Waals surface area contributed by atoms with Crippen LogP contribution in [0.4, 0.5) is 0 Å². The van der Waals surface area contributed by atoms with Crippen molar-refractivity contribution < 1.29 is 4.42 Å². The minimum atomic E-state index is 0.432. The molecule has 0 atom stereocenters. The summed E-state index contributed by atoms with van der Waals surface area (Å²) in [5.41, 5.74) is 1.07. The third kappa shape index (κ3) is 2.71. The highest BCUT2D eigenvalue weighted by atomic mass is 35.5. The van der Waals surface area contributed by atoms with E-state index in [-0.39, 0.29) is 0 Å². The van der Waals surface area contributed by atoms with Crippen molar-refractivity contribution in [2.45, 2.75) is 0 Å². The molecule has 84 valence electrons. The Bertz CT molecular complexity index is 594. The van der Waals surface area contributed by atoms with Crippen molar-refractivity contribution in [3.63, 3.8) is 0 Å². The highest BCUT2D eigenvalue weighted by molar-refractivity contribution is 6.36. The molecule has 0 aliphatic rings. The molecule has 2 rings (SSSR count). The van der Waals surface area contributed by atoms with E-state index in [9.17, 15) is 0 Å². The van der Waals surface area contributed by atoms with Crippen LogP contribution in [0.3, 0.4) is 0 Å². The van der Waals surface area contributed by atoms with Crippen LogP contribution in [-0.2, 0) is 0 Å². The zero-order valence-corrected chi connectivity index (χ0v) is 10.2. The summed E-state index contributed by atoms with van der Waals surface area (Å²) in [6, 6.07) is 10.6. The molecule has 17 heavy (non-hydrogen) atoms. The van der Waals surface area contributed by atoms with E-state index in [0.29, 0.717) is 26.9 Å². The highest BCUT2D eigenvalue weighted by Gasteiger charge is 2.07. The molecule has 4 heteroatoms. The Morgan fingerprint density at radius 1 is 1.29 bits per heavy atom. The van der Waals surface area contributed by atoms with Gasteiger partial charge in [-0.3, -0.25) is 0 Å². The van der Waals surface area contributed by atoms with E-state index in [1.165, 1.54) is 0 Å². The molecule has 0 aliphatic heterocycles. The molecular formula is C13H7Cl2NO. The van der Waals surface area contributed by atoms with Crippen molar-refractivity contribution in [3.8, 4) is 6.07 Å². The Kier molecular flexibility index (Phi) is 3.53. The van der Waals surface area contributed by atoms with Gasteiger partial charge in [0.05, 0.1) is 22.9 Å². The maximum absolute atomic E-state index is 9.12. The Hall–Kier alpha value is -1.69. The number of nitrogens with zero attached hydrogens (tertiary/aromatic N) is 1. The smallest absolute Gasteiger partial charge is 0.127 e. The predicted molar refractivity (Wildman–Crippen MR) is 68.7 cm³/mol. The van der Waals surface area contributed by atoms with Gasteiger partial charge in [-0.1, -0.05) is 29.3 Å². The zero-order chi connectivity index (χ0) is 12.3. The van der Waals surface area contributed by atoms with Gasteiger partial charge in [-0.25, -0.2) is 0 Å². The van der Waals surface area contributed by atoms with Crippen molar-refractivity contribution in [3.05, 3.63) is 58.0 Å². The van der Waals surface area contributed by atoms with Crippen LogP contribution in [0.15, 0.2) is 41.0 Å². The topological polar surface area (TPSA) is 36.9 Å². The van der Waals surface area contributed by atoms with Crippen molar-refractivity contribution in [2.75, 3.05) is 0 Å². The summed E-state index contributed by atoms with van der Waals surface area (Å²) in [6.07, 6.45) is 3.18. The molecular weight excluding hydrogens is 257 g/mol. The summed E-state index contributed by atoms with van der Waals surface area (Å²) in [4.78, 5) is 0. The second-order valence-electron chi connectivity index (χ2n) is 3.31. The normalized spacial score (nSPS) is 11.2. The molecule has 0 aliphatic carbocycles. The van der Waals surface area contributed by atoms with E-state index >= 15 is 0 Å². The van der Waals surface area contributed by atoms with Crippen LogP contribution in [0, 0.1) is 11.3 Å². The van der Waals surface area contributed by atoms with Gasteiger partial charge in [-0.2, -0.15) is 5.26 Å². The van der Waals surface area contributed by atoms with Crippen LogP contribution in [0.25, 0.3) is 11.6 Å². The van der Waals surface area contributed by atoms with E-state index in [1.807, 2.05) is 0 Å². The molecule has 0 radical (unpaired) electrons. The van der Waals surface area contributed by atoms with Gasteiger partial charge < -0.3 is 4.42 Å². The third-order valence-electron chi connectivity index (χ3n) is 2.17. The minimum Gasteiger partial charge on any atom is -0.465 e. The van der Waals surface area contributed by atoms with Crippen molar-refractivity contribution >= 4 is 34.9 Å². The Morgan fingerprint density at radius 2 is 2.12 bits per heavy atom. The number of halogens is 2. The largest absolute Gasteiger partial charge is 0.465 e. The zero-order valence-electron chi connectivity index (χ0n) is 8.65. The number of hydrogen-bond acceptors (Lipinski definition) is 2. The summed E-state index contributed by atoms with van der Waals surface area (Å²) >= 11 is 11.8. The van der Waals surface area contributed by atoms with E-state index < -0.39 is 0 Å². The molecule has 1 heterocycles. The fraction of sp³-hybridized carbons (Fsp3) is 0. The molecule has 0 saturated heterocycles. The van der Waals surface area contributed by atoms with E-state index in [4.69, 9.17) is 32.9 Å². The van der Waals surface area contributed by atoms with Gasteiger partial charge in [0, 0.05) is 10.6 Å². The van der Waals surface area contributed by atoms with Crippen LogP contribution in [0.1, 0.15) is 11.3 Å². The van der Waals surface area contributed by atoms with Gasteiger partial charge in [0.15, 0.2) is 0 Å². The quantitative estimate of drug-likeness (QED) is 0.740. The lowest BCUT2D eigenvalue weighted by molar-refractivity contribution is 0.557. The van der Waals surface area contributed by atoms with Crippen molar-refractivity contribution in [1.29, 1.82) is 5.26 Å². The maximum Gasteiger partial charge on any atom is 0.127 e. The fourth-order valence-corrected chi connectivity index (χ4v) is 1.90. The fourth-order valence-electron chi connectivity index (χ4n) is 1.39. The lowest BCUT2D eigenvalue weighted by Crippen LogP contribution is -1.83. The number of rotatable bonds is 2. The van der Waals surface area contributed by atoms with E-state index in [1.54, 1.807) is 42.7 Å². The molecule has 0 amide bonds. The highest BCUT2D eigenvalue weighted by Crippen LogP contribution is 2.28. The van der Waals surface area contributed by atoms with Crippen molar-refractivity contribution in [1.82, 2.24) is 0 Å². The standard InChI is InChI=1S/C13H7Cl2NO/c14-10-3-4-12(13(15)7-10)9(8-16)6-11-2-1-5-17-11/h1-7H/b9-6+. The summed E-state index contributed by atoms with van der Waals surface area (Å²) in [5, 5.41) is 10.1. The molecule has 0 bridgehead atoms. The second kappa shape index (κ2) is 5.09. The minimum absolute atomic E-state index is 0.432. The number of hydrogen-bond donors (Lipinski definition) is 0. The molecule has 1 aromatic heterocycles. The van der Waals surface area contributed by atoms with Gasteiger partial charge in [0.25, 0.3) is 0 Å². The predicted octanol–water partition coefficient (Wildman–Crippen LogP) is 4.65. The number of allylic oxidation sites excluding steroid dienone is 1. The van der Waals surface area contributed by atoms with E-state index in [0.717, 1.165) is 0 Å². The second-order valence-corrected chi connectivity index (χ2v) is 4.15. The maximum atomic E-state index is 9.12. The lowest BCUT2D eigenvalue weighted by atomic mass is 10.1. The summed E-state index contributed by atoms with van der Waals surface area (Å²) < 4.78 is 5.15. The Morgan fingerprint density at radius 3 is 2.71 bits per heavy atom. The molecule has 0 spiro atoms. The Balaban J connectivity index is 2.47. The van der Waals surface area contributed by atoms with Crippen molar-refractivity contribution in [2.24, 2.45) is 0 Å². The first-order valence-corrected chi connectivity index (χ1v) is 5.57. The Labute approximate surface area is 109 Å². The molecule has 0 saturated carbocycles. The van der Waals surface area contributed by atoms with Crippen LogP contribution in [-0.4, -0.2) is 0 Å².